The summed E-state index contributed by atoms with van der Waals surface area (Å²) in [5.74, 6) is -0.143. The number of Topliss-reactive ketones (excluding diaryl/α,β-unsaturated/α-hetero) is 1. The molecule has 124 valence electrons. The molecule has 0 aliphatic carbocycles. The minimum atomic E-state index is -0.171. The van der Waals surface area contributed by atoms with Gasteiger partial charge in [0.2, 0.25) is 12.3 Å². The SMILES string of the molecule is Cc1cccc[n+]1CC(=O)c1ccc(NC(=O)c2ccccc2)cc1. The monoisotopic (exact) mass is 331 g/mol. The number of nitrogens with zero attached hydrogens (tertiary/aromatic N) is 1. The molecule has 0 aliphatic heterocycles. The standard InChI is InChI=1S/C21H18N2O2/c1-16-7-5-6-14-23(16)15-20(24)17-10-12-19(13-11-17)22-21(25)18-8-3-2-4-9-18/h2-14H,15H2,1H3/p+1. The number of pyridine rings is 1. The Bertz CT molecular complexity index is 887. The highest BCUT2D eigenvalue weighted by molar-refractivity contribution is 6.04. The number of hydrogen-bond donors (Lipinski definition) is 1. The molecule has 0 bridgehead atoms. The van der Waals surface area contributed by atoms with Crippen LogP contribution in [-0.4, -0.2) is 11.7 Å². The molecular weight excluding hydrogens is 312 g/mol. The van der Waals surface area contributed by atoms with Gasteiger partial charge in [-0.25, -0.2) is 0 Å². The second kappa shape index (κ2) is 7.53. The smallest absolute Gasteiger partial charge is 0.255 e. The molecule has 1 aromatic heterocycles. The molecule has 0 radical (unpaired) electrons. The summed E-state index contributed by atoms with van der Waals surface area (Å²) >= 11 is 0. The van der Waals surface area contributed by atoms with Crippen LogP contribution < -0.4 is 9.88 Å². The first-order valence-electron chi connectivity index (χ1n) is 8.08. The Balaban J connectivity index is 1.67. The predicted octanol–water partition coefficient (Wildman–Crippen LogP) is 3.42. The van der Waals surface area contributed by atoms with Crippen molar-refractivity contribution >= 4 is 17.4 Å². The molecule has 1 N–H and O–H groups in total. The zero-order chi connectivity index (χ0) is 17.6. The van der Waals surface area contributed by atoms with Crippen molar-refractivity contribution in [2.75, 3.05) is 5.32 Å². The van der Waals surface area contributed by atoms with Crippen LogP contribution in [0.25, 0.3) is 0 Å². The fourth-order valence-corrected chi connectivity index (χ4v) is 2.52. The van der Waals surface area contributed by atoms with Gasteiger partial charge in [0.25, 0.3) is 5.91 Å². The Labute approximate surface area is 146 Å². The third-order valence-corrected chi connectivity index (χ3v) is 3.98. The van der Waals surface area contributed by atoms with Gasteiger partial charge in [0.1, 0.15) is 0 Å². The normalized spacial score (nSPS) is 10.3. The quantitative estimate of drug-likeness (QED) is 0.575. The highest BCUT2D eigenvalue weighted by Gasteiger charge is 2.14. The van der Waals surface area contributed by atoms with Crippen molar-refractivity contribution < 1.29 is 14.2 Å². The van der Waals surface area contributed by atoms with Crippen LogP contribution in [0.3, 0.4) is 0 Å². The number of amides is 1. The molecule has 0 unspecified atom stereocenters. The summed E-state index contributed by atoms with van der Waals surface area (Å²) < 4.78 is 1.91. The van der Waals surface area contributed by atoms with E-state index >= 15 is 0 Å². The Morgan fingerprint density at radius 3 is 2.20 bits per heavy atom. The number of hydrogen-bond acceptors (Lipinski definition) is 2. The van der Waals surface area contributed by atoms with Gasteiger partial charge >= 0.3 is 0 Å². The minimum absolute atomic E-state index is 0.0280. The van der Waals surface area contributed by atoms with E-state index in [-0.39, 0.29) is 11.7 Å². The molecule has 0 spiro atoms. The van der Waals surface area contributed by atoms with Crippen molar-refractivity contribution in [3.63, 3.8) is 0 Å². The first-order chi connectivity index (χ1) is 12.1. The Morgan fingerprint density at radius 1 is 0.840 bits per heavy atom. The molecule has 1 amide bonds. The van der Waals surface area contributed by atoms with Crippen molar-refractivity contribution in [2.24, 2.45) is 0 Å². The van der Waals surface area contributed by atoms with E-state index in [1.807, 2.05) is 54.1 Å². The molecular formula is C21H19N2O2+. The van der Waals surface area contributed by atoms with E-state index in [4.69, 9.17) is 0 Å². The van der Waals surface area contributed by atoms with Crippen molar-refractivity contribution in [3.8, 4) is 0 Å². The lowest BCUT2D eigenvalue weighted by Gasteiger charge is -2.06. The molecule has 3 aromatic rings. The lowest BCUT2D eigenvalue weighted by Crippen LogP contribution is -2.40. The number of ketones is 1. The molecule has 0 fully saturated rings. The minimum Gasteiger partial charge on any atom is -0.322 e. The van der Waals surface area contributed by atoms with Gasteiger partial charge in [-0.05, 0) is 36.4 Å². The summed E-state index contributed by atoms with van der Waals surface area (Å²) in [4.78, 5) is 24.5. The molecule has 0 atom stereocenters. The molecule has 25 heavy (non-hydrogen) atoms. The molecule has 3 rings (SSSR count). The highest BCUT2D eigenvalue weighted by Crippen LogP contribution is 2.12. The van der Waals surface area contributed by atoms with Crippen LogP contribution in [0.15, 0.2) is 79.0 Å². The van der Waals surface area contributed by atoms with Crippen LogP contribution in [-0.2, 0) is 6.54 Å². The zero-order valence-corrected chi connectivity index (χ0v) is 14.0. The summed E-state index contributed by atoms with van der Waals surface area (Å²) in [5.41, 5.74) is 2.91. The van der Waals surface area contributed by atoms with E-state index in [2.05, 4.69) is 5.32 Å². The van der Waals surface area contributed by atoms with E-state index in [9.17, 15) is 9.59 Å². The van der Waals surface area contributed by atoms with Crippen molar-refractivity contribution in [3.05, 3.63) is 95.8 Å². The second-order valence-electron chi connectivity index (χ2n) is 5.79. The summed E-state index contributed by atoms with van der Waals surface area (Å²) in [7, 11) is 0. The van der Waals surface area contributed by atoms with Crippen LogP contribution >= 0.6 is 0 Å². The highest BCUT2D eigenvalue weighted by atomic mass is 16.1. The molecule has 4 heteroatoms. The lowest BCUT2D eigenvalue weighted by molar-refractivity contribution is -0.689. The first-order valence-corrected chi connectivity index (χ1v) is 8.08. The Kier molecular flexibility index (Phi) is 5.00. The number of rotatable bonds is 5. The van der Waals surface area contributed by atoms with Crippen LogP contribution in [0.4, 0.5) is 5.69 Å². The van der Waals surface area contributed by atoms with Gasteiger partial charge in [0, 0.05) is 35.9 Å². The van der Waals surface area contributed by atoms with E-state index in [1.165, 1.54) is 0 Å². The number of nitrogens with one attached hydrogen (secondary N) is 1. The van der Waals surface area contributed by atoms with Gasteiger partial charge in [-0.3, -0.25) is 9.59 Å². The van der Waals surface area contributed by atoms with Crippen LogP contribution in [0.5, 0.6) is 0 Å². The van der Waals surface area contributed by atoms with Crippen molar-refractivity contribution in [2.45, 2.75) is 13.5 Å². The average molecular weight is 331 g/mol. The van der Waals surface area contributed by atoms with Gasteiger partial charge in [-0.15, -0.1) is 0 Å². The summed E-state index contributed by atoms with van der Waals surface area (Å²) in [6.45, 7) is 2.26. The maximum absolute atomic E-state index is 12.4. The molecule has 2 aromatic carbocycles. The topological polar surface area (TPSA) is 50.0 Å². The molecule has 0 aliphatic rings. The number of aromatic nitrogens is 1. The number of carbonyl (C=O) groups is 2. The van der Waals surface area contributed by atoms with E-state index in [0.717, 1.165) is 5.69 Å². The second-order valence-corrected chi connectivity index (χ2v) is 5.79. The zero-order valence-electron chi connectivity index (χ0n) is 14.0. The van der Waals surface area contributed by atoms with Crippen LogP contribution in [0.2, 0.25) is 0 Å². The fourth-order valence-electron chi connectivity index (χ4n) is 2.52. The Morgan fingerprint density at radius 2 is 1.52 bits per heavy atom. The summed E-state index contributed by atoms with van der Waals surface area (Å²) in [6, 6.07) is 21.8. The van der Waals surface area contributed by atoms with Gasteiger partial charge in [-0.2, -0.15) is 4.57 Å². The number of aryl methyl sites for hydroxylation is 1. The molecule has 0 saturated heterocycles. The van der Waals surface area contributed by atoms with Crippen molar-refractivity contribution in [1.82, 2.24) is 0 Å². The third kappa shape index (κ3) is 4.18. The molecule has 0 saturated carbocycles. The third-order valence-electron chi connectivity index (χ3n) is 3.98. The maximum atomic E-state index is 12.4. The number of benzene rings is 2. The Hall–Kier alpha value is -3.27. The van der Waals surface area contributed by atoms with Crippen LogP contribution in [0.1, 0.15) is 26.4 Å². The lowest BCUT2D eigenvalue weighted by atomic mass is 10.1. The van der Waals surface area contributed by atoms with Crippen molar-refractivity contribution in [1.29, 1.82) is 0 Å². The largest absolute Gasteiger partial charge is 0.322 e. The van der Waals surface area contributed by atoms with Gasteiger partial charge in [0.05, 0.1) is 0 Å². The summed E-state index contributed by atoms with van der Waals surface area (Å²) in [5, 5.41) is 2.83. The van der Waals surface area contributed by atoms with E-state index < -0.39 is 0 Å². The van der Waals surface area contributed by atoms with Gasteiger partial charge in [0.15, 0.2) is 11.9 Å². The van der Waals surface area contributed by atoms with Gasteiger partial charge in [-0.1, -0.05) is 24.3 Å². The summed E-state index contributed by atoms with van der Waals surface area (Å²) in [6.07, 6.45) is 1.89. The van der Waals surface area contributed by atoms with Crippen LogP contribution in [0, 0.1) is 6.92 Å². The maximum Gasteiger partial charge on any atom is 0.255 e. The van der Waals surface area contributed by atoms with E-state index in [0.29, 0.717) is 23.4 Å². The number of anilines is 1. The predicted molar refractivity (Wildman–Crippen MR) is 96.5 cm³/mol. The number of carbonyl (C=O) groups excluding carboxylic acids is 2. The average Bonchev–Trinajstić information content (AvgIpc) is 2.65. The fraction of sp³-hybridized carbons (Fsp3) is 0.0952. The molecule has 4 nitrogen and oxygen atoms in total. The van der Waals surface area contributed by atoms with Gasteiger partial charge < -0.3 is 5.32 Å². The van der Waals surface area contributed by atoms with E-state index in [1.54, 1.807) is 36.4 Å². The first kappa shape index (κ1) is 16.6. The molecule has 1 heterocycles.